The van der Waals surface area contributed by atoms with Gasteiger partial charge in [-0.15, -0.1) is 10.2 Å². The highest BCUT2D eigenvalue weighted by atomic mass is 32.2. The van der Waals surface area contributed by atoms with E-state index in [4.69, 9.17) is 4.98 Å². The molecule has 0 bridgehead atoms. The molecule has 1 fully saturated rings. The van der Waals surface area contributed by atoms with Gasteiger partial charge in [-0.1, -0.05) is 55.5 Å². The fourth-order valence-electron chi connectivity index (χ4n) is 4.64. The van der Waals surface area contributed by atoms with Crippen molar-refractivity contribution in [3.05, 3.63) is 71.3 Å². The normalized spacial score (nSPS) is 14.2. The van der Waals surface area contributed by atoms with Crippen LogP contribution in [0.5, 0.6) is 0 Å². The minimum absolute atomic E-state index is 0.309. The number of tetrazole rings is 1. The first-order valence-corrected chi connectivity index (χ1v) is 13.3. The van der Waals surface area contributed by atoms with Crippen LogP contribution >= 0.6 is 11.8 Å². The second kappa shape index (κ2) is 11.0. The number of aromatic carboxylic acids is 1. The Morgan fingerprint density at radius 3 is 2.47 bits per heavy atom. The van der Waals surface area contributed by atoms with Crippen LogP contribution in [-0.2, 0) is 19.5 Å². The van der Waals surface area contributed by atoms with Gasteiger partial charge in [0.15, 0.2) is 5.69 Å². The number of H-pyrrole nitrogens is 1. The van der Waals surface area contributed by atoms with Crippen LogP contribution in [0.3, 0.4) is 0 Å². The number of nitrogens with zero attached hydrogens (tertiary/aromatic N) is 6. The molecule has 2 N–H and O–H groups in total. The van der Waals surface area contributed by atoms with Crippen LogP contribution in [0.2, 0.25) is 0 Å². The van der Waals surface area contributed by atoms with E-state index in [-0.39, 0.29) is 0 Å². The standard InChI is InChI=1S/C26H29N7O2S/c1-2-5-23-27-22(17-32-12-14-36-15-13-32)24(26(34)35)33(23)16-18-8-10-19(11-9-18)20-6-3-4-7-21(20)25-28-30-31-29-25/h3-4,6-11H,2,5,12-17H2,1H3,(H,34,35)(H,28,29,30,31). The molecule has 0 unspecified atom stereocenters. The van der Waals surface area contributed by atoms with Gasteiger partial charge in [0.25, 0.3) is 0 Å². The van der Waals surface area contributed by atoms with Crippen molar-refractivity contribution in [1.82, 2.24) is 35.1 Å². The molecular weight excluding hydrogens is 474 g/mol. The van der Waals surface area contributed by atoms with Gasteiger partial charge in [-0.25, -0.2) is 9.78 Å². The number of hydrogen-bond acceptors (Lipinski definition) is 7. The van der Waals surface area contributed by atoms with Crippen molar-refractivity contribution in [3.8, 4) is 22.5 Å². The zero-order chi connectivity index (χ0) is 24.9. The minimum Gasteiger partial charge on any atom is -0.477 e. The molecule has 9 nitrogen and oxygen atoms in total. The van der Waals surface area contributed by atoms with Crippen molar-refractivity contribution in [3.63, 3.8) is 0 Å². The summed E-state index contributed by atoms with van der Waals surface area (Å²) in [5, 5.41) is 24.6. The molecule has 1 aliphatic rings. The van der Waals surface area contributed by atoms with E-state index in [1.165, 1.54) is 0 Å². The minimum atomic E-state index is -0.920. The number of carboxylic acid groups (broad SMARTS) is 1. The van der Waals surface area contributed by atoms with Crippen LogP contribution in [0.1, 0.15) is 40.9 Å². The Morgan fingerprint density at radius 1 is 1.06 bits per heavy atom. The zero-order valence-corrected chi connectivity index (χ0v) is 21.0. The van der Waals surface area contributed by atoms with Crippen molar-refractivity contribution >= 4 is 17.7 Å². The molecule has 36 heavy (non-hydrogen) atoms. The number of aromatic amines is 1. The van der Waals surface area contributed by atoms with Gasteiger partial charge in [-0.05, 0) is 28.3 Å². The topological polar surface area (TPSA) is 113 Å². The van der Waals surface area contributed by atoms with E-state index in [0.717, 1.165) is 65.5 Å². The van der Waals surface area contributed by atoms with Gasteiger partial charge >= 0.3 is 5.97 Å². The lowest BCUT2D eigenvalue weighted by Gasteiger charge is -2.25. The van der Waals surface area contributed by atoms with Crippen molar-refractivity contribution in [2.75, 3.05) is 24.6 Å². The van der Waals surface area contributed by atoms with Gasteiger partial charge in [0, 0.05) is 49.7 Å². The summed E-state index contributed by atoms with van der Waals surface area (Å²) < 4.78 is 1.89. The summed E-state index contributed by atoms with van der Waals surface area (Å²) in [5.74, 6) is 2.61. The summed E-state index contributed by atoms with van der Waals surface area (Å²) in [5.41, 5.74) is 4.93. The Bertz CT molecular complexity index is 1310. The van der Waals surface area contributed by atoms with E-state index in [2.05, 4.69) is 44.6 Å². The number of thioether (sulfide) groups is 1. The van der Waals surface area contributed by atoms with E-state index < -0.39 is 5.97 Å². The van der Waals surface area contributed by atoms with Crippen LogP contribution in [0, 0.1) is 0 Å². The average molecular weight is 504 g/mol. The zero-order valence-electron chi connectivity index (χ0n) is 20.2. The monoisotopic (exact) mass is 503 g/mol. The predicted molar refractivity (Wildman–Crippen MR) is 140 cm³/mol. The number of aryl methyl sites for hydroxylation is 1. The predicted octanol–water partition coefficient (Wildman–Crippen LogP) is 3.98. The molecular formula is C26H29N7O2S. The number of aromatic nitrogens is 6. The fraction of sp³-hybridized carbons (Fsp3) is 0.346. The fourth-order valence-corrected chi connectivity index (χ4v) is 5.62. The third kappa shape index (κ3) is 5.19. The molecule has 5 rings (SSSR count). The summed E-state index contributed by atoms with van der Waals surface area (Å²) in [6.07, 6.45) is 1.65. The second-order valence-corrected chi connectivity index (χ2v) is 10.1. The smallest absolute Gasteiger partial charge is 0.354 e. The molecule has 2 aromatic heterocycles. The van der Waals surface area contributed by atoms with Gasteiger partial charge in [0.2, 0.25) is 5.82 Å². The third-order valence-corrected chi connectivity index (χ3v) is 7.33. The highest BCUT2D eigenvalue weighted by Gasteiger charge is 2.24. The largest absolute Gasteiger partial charge is 0.477 e. The highest BCUT2D eigenvalue weighted by molar-refractivity contribution is 7.99. The maximum atomic E-state index is 12.4. The number of benzene rings is 2. The van der Waals surface area contributed by atoms with Gasteiger partial charge in [-0.3, -0.25) is 4.90 Å². The van der Waals surface area contributed by atoms with E-state index in [0.29, 0.717) is 30.3 Å². The Hall–Kier alpha value is -3.50. The van der Waals surface area contributed by atoms with Gasteiger partial charge < -0.3 is 9.67 Å². The molecule has 0 amide bonds. The van der Waals surface area contributed by atoms with Crippen molar-refractivity contribution in [2.45, 2.75) is 32.9 Å². The molecule has 0 radical (unpaired) electrons. The van der Waals surface area contributed by atoms with Crippen LogP contribution in [0.25, 0.3) is 22.5 Å². The Balaban J connectivity index is 1.44. The number of rotatable bonds is 9. The van der Waals surface area contributed by atoms with E-state index in [1.54, 1.807) is 0 Å². The van der Waals surface area contributed by atoms with Crippen LogP contribution in [-0.4, -0.2) is 70.7 Å². The molecule has 1 aliphatic heterocycles. The van der Waals surface area contributed by atoms with Gasteiger partial charge in [0.05, 0.1) is 5.69 Å². The molecule has 0 aliphatic carbocycles. The lowest BCUT2D eigenvalue weighted by Crippen LogP contribution is -2.32. The third-order valence-electron chi connectivity index (χ3n) is 6.39. The number of carboxylic acids is 1. The maximum absolute atomic E-state index is 12.4. The summed E-state index contributed by atoms with van der Waals surface area (Å²) in [6.45, 7) is 5.07. The van der Waals surface area contributed by atoms with E-state index in [9.17, 15) is 9.90 Å². The molecule has 1 saturated heterocycles. The number of hydrogen-bond donors (Lipinski definition) is 2. The van der Waals surface area contributed by atoms with Crippen LogP contribution in [0.15, 0.2) is 48.5 Å². The van der Waals surface area contributed by atoms with Crippen molar-refractivity contribution in [1.29, 1.82) is 0 Å². The van der Waals surface area contributed by atoms with Gasteiger partial charge in [0.1, 0.15) is 5.82 Å². The van der Waals surface area contributed by atoms with Crippen molar-refractivity contribution in [2.24, 2.45) is 0 Å². The SMILES string of the molecule is CCCc1nc(CN2CCSCC2)c(C(=O)O)n1Cc1ccc(-c2ccccc2-c2nn[nH]n2)cc1. The average Bonchev–Trinajstić information content (AvgIpc) is 3.54. The Labute approximate surface area is 213 Å². The summed E-state index contributed by atoms with van der Waals surface area (Å²) >= 11 is 1.94. The molecule has 10 heteroatoms. The summed E-state index contributed by atoms with van der Waals surface area (Å²) in [7, 11) is 0. The lowest BCUT2D eigenvalue weighted by molar-refractivity contribution is 0.0682. The number of imidazole rings is 1. The molecule has 2 aromatic carbocycles. The van der Waals surface area contributed by atoms with E-state index in [1.807, 2.05) is 52.7 Å². The molecule has 3 heterocycles. The van der Waals surface area contributed by atoms with Gasteiger partial charge in [-0.2, -0.15) is 17.0 Å². The molecule has 0 saturated carbocycles. The lowest BCUT2D eigenvalue weighted by atomic mass is 9.98. The molecule has 0 spiro atoms. The highest BCUT2D eigenvalue weighted by Crippen LogP contribution is 2.30. The van der Waals surface area contributed by atoms with Crippen molar-refractivity contribution < 1.29 is 9.90 Å². The first kappa shape index (κ1) is 24.2. The van der Waals surface area contributed by atoms with E-state index >= 15 is 0 Å². The molecule has 186 valence electrons. The second-order valence-electron chi connectivity index (χ2n) is 8.83. The summed E-state index contributed by atoms with van der Waals surface area (Å²) in [4.78, 5) is 19.5. The number of carbonyl (C=O) groups is 1. The first-order chi connectivity index (χ1) is 17.6. The summed E-state index contributed by atoms with van der Waals surface area (Å²) in [6, 6.07) is 16.1. The Kier molecular flexibility index (Phi) is 7.43. The van der Waals surface area contributed by atoms with Crippen LogP contribution < -0.4 is 0 Å². The molecule has 0 atom stereocenters. The Morgan fingerprint density at radius 2 is 1.81 bits per heavy atom. The maximum Gasteiger partial charge on any atom is 0.354 e. The van der Waals surface area contributed by atoms with Crippen LogP contribution in [0.4, 0.5) is 0 Å². The first-order valence-electron chi connectivity index (χ1n) is 12.2. The quantitative estimate of drug-likeness (QED) is 0.353. The number of nitrogens with one attached hydrogen (secondary N) is 1. The molecule has 4 aromatic rings.